The highest BCUT2D eigenvalue weighted by molar-refractivity contribution is 5.07. The summed E-state index contributed by atoms with van der Waals surface area (Å²) in [6.07, 6.45) is 8.07. The molecule has 2 aliphatic carbocycles. The number of aromatic nitrogens is 2. The highest BCUT2D eigenvalue weighted by Gasteiger charge is 2.40. The van der Waals surface area contributed by atoms with Gasteiger partial charge in [-0.3, -0.25) is 0 Å². The van der Waals surface area contributed by atoms with Crippen molar-refractivity contribution in [1.82, 2.24) is 10.1 Å². The lowest BCUT2D eigenvalue weighted by atomic mass is 9.82. The lowest BCUT2D eigenvalue weighted by Gasteiger charge is -2.29. The summed E-state index contributed by atoms with van der Waals surface area (Å²) in [4.78, 5) is 4.61. The van der Waals surface area contributed by atoms with Crippen molar-refractivity contribution in [1.29, 1.82) is 0 Å². The first-order valence-electron chi connectivity index (χ1n) is 7.89. The number of aliphatic hydroxyl groups excluding tert-OH is 1. The summed E-state index contributed by atoms with van der Waals surface area (Å²) in [7, 11) is 0. The second-order valence-corrected chi connectivity index (χ2v) is 6.12. The molecule has 0 unspecified atom stereocenters. The minimum absolute atomic E-state index is 0.200. The second-order valence-electron chi connectivity index (χ2n) is 6.12. The number of nitrogens with zero attached hydrogens (tertiary/aromatic N) is 2. The Kier molecular flexibility index (Phi) is 4.08. The van der Waals surface area contributed by atoms with Gasteiger partial charge in [0.25, 0.3) is 0 Å². The molecule has 0 saturated heterocycles. The molecule has 1 aromatic rings. The van der Waals surface area contributed by atoms with E-state index in [1.165, 1.54) is 12.8 Å². The molecule has 2 fully saturated rings. The van der Waals surface area contributed by atoms with Gasteiger partial charge in [0.2, 0.25) is 11.7 Å². The summed E-state index contributed by atoms with van der Waals surface area (Å²) in [5, 5.41) is 13.6. The van der Waals surface area contributed by atoms with Crippen LogP contribution >= 0.6 is 0 Å². The summed E-state index contributed by atoms with van der Waals surface area (Å²) in [5.74, 6) is 1.63. The Bertz CT molecular complexity index is 432. The molecule has 0 amide bonds. The molecular formula is C15H24N2O3. The van der Waals surface area contributed by atoms with Crippen molar-refractivity contribution < 1.29 is 14.4 Å². The van der Waals surface area contributed by atoms with Gasteiger partial charge in [0, 0.05) is 12.5 Å². The van der Waals surface area contributed by atoms with E-state index in [2.05, 4.69) is 10.1 Å². The van der Waals surface area contributed by atoms with Crippen LogP contribution in [0.1, 0.15) is 75.9 Å². The molecule has 2 aliphatic rings. The van der Waals surface area contributed by atoms with Gasteiger partial charge in [-0.1, -0.05) is 30.8 Å². The van der Waals surface area contributed by atoms with Crippen LogP contribution in [-0.2, 0) is 10.3 Å². The predicted molar refractivity (Wildman–Crippen MR) is 73.3 cm³/mol. The van der Waals surface area contributed by atoms with Crippen LogP contribution in [-0.4, -0.2) is 28.0 Å². The fraction of sp³-hybridized carbons (Fsp3) is 0.867. The fourth-order valence-electron chi connectivity index (χ4n) is 3.38. The standard InChI is InChI=1S/C15H24N2O3/c1-2-19-15(7-5-3-4-6-8-15)14-16-13(20-17-14)11-9-12(18)10-11/h11-12,18H,2-10H2,1H3. The number of aliphatic hydroxyl groups is 1. The Balaban J connectivity index is 1.80. The first-order chi connectivity index (χ1) is 9.73. The molecule has 1 N–H and O–H groups in total. The van der Waals surface area contributed by atoms with Crippen molar-refractivity contribution >= 4 is 0 Å². The van der Waals surface area contributed by atoms with Gasteiger partial charge in [-0.25, -0.2) is 0 Å². The maximum absolute atomic E-state index is 9.39. The summed E-state index contributed by atoms with van der Waals surface area (Å²) >= 11 is 0. The zero-order valence-electron chi connectivity index (χ0n) is 12.2. The minimum atomic E-state index is -0.352. The van der Waals surface area contributed by atoms with E-state index in [1.54, 1.807) is 0 Å². The molecule has 0 radical (unpaired) electrons. The quantitative estimate of drug-likeness (QED) is 0.859. The van der Waals surface area contributed by atoms with E-state index in [1.807, 2.05) is 6.92 Å². The molecule has 5 heteroatoms. The second kappa shape index (κ2) is 5.82. The Morgan fingerprint density at radius 2 is 1.95 bits per heavy atom. The molecule has 0 spiro atoms. The van der Waals surface area contributed by atoms with Gasteiger partial charge >= 0.3 is 0 Å². The largest absolute Gasteiger partial charge is 0.393 e. The Morgan fingerprint density at radius 3 is 2.55 bits per heavy atom. The predicted octanol–water partition coefficient (Wildman–Crippen LogP) is 2.89. The normalized spacial score (nSPS) is 29.7. The summed E-state index contributed by atoms with van der Waals surface area (Å²) in [6, 6.07) is 0. The highest BCUT2D eigenvalue weighted by atomic mass is 16.5. The van der Waals surface area contributed by atoms with Crippen molar-refractivity contribution in [3.63, 3.8) is 0 Å². The molecule has 0 aromatic carbocycles. The van der Waals surface area contributed by atoms with Gasteiger partial charge in [0.15, 0.2) is 0 Å². The maximum Gasteiger partial charge on any atom is 0.230 e. The monoisotopic (exact) mass is 280 g/mol. The molecule has 5 nitrogen and oxygen atoms in total. The fourth-order valence-corrected chi connectivity index (χ4v) is 3.38. The van der Waals surface area contributed by atoms with Crippen LogP contribution in [0.2, 0.25) is 0 Å². The van der Waals surface area contributed by atoms with Crippen LogP contribution in [0.3, 0.4) is 0 Å². The highest BCUT2D eigenvalue weighted by Crippen LogP contribution is 2.40. The summed E-state index contributed by atoms with van der Waals surface area (Å²) in [5.41, 5.74) is -0.352. The van der Waals surface area contributed by atoms with Crippen molar-refractivity contribution in [3.05, 3.63) is 11.7 Å². The maximum atomic E-state index is 9.39. The molecule has 0 aliphatic heterocycles. The molecule has 3 rings (SSSR count). The van der Waals surface area contributed by atoms with Crippen LogP contribution in [0.5, 0.6) is 0 Å². The third kappa shape index (κ3) is 2.61. The van der Waals surface area contributed by atoms with E-state index in [-0.39, 0.29) is 17.6 Å². The van der Waals surface area contributed by atoms with E-state index >= 15 is 0 Å². The van der Waals surface area contributed by atoms with E-state index in [9.17, 15) is 5.11 Å². The average Bonchev–Trinajstić information content (AvgIpc) is 2.77. The third-order valence-corrected chi connectivity index (χ3v) is 4.64. The van der Waals surface area contributed by atoms with Crippen LogP contribution < -0.4 is 0 Å². The van der Waals surface area contributed by atoms with Gasteiger partial charge < -0.3 is 14.4 Å². The van der Waals surface area contributed by atoms with Crippen molar-refractivity contribution in [2.75, 3.05) is 6.61 Å². The van der Waals surface area contributed by atoms with Crippen LogP contribution in [0.4, 0.5) is 0 Å². The molecule has 2 saturated carbocycles. The molecule has 1 aromatic heterocycles. The SMILES string of the molecule is CCOC1(c2noc(C3CC(O)C3)n2)CCCCCC1. The van der Waals surface area contributed by atoms with E-state index in [0.29, 0.717) is 12.5 Å². The van der Waals surface area contributed by atoms with E-state index in [0.717, 1.165) is 44.3 Å². The van der Waals surface area contributed by atoms with Crippen LogP contribution in [0.15, 0.2) is 4.52 Å². The third-order valence-electron chi connectivity index (χ3n) is 4.64. The number of rotatable bonds is 4. The zero-order chi connectivity index (χ0) is 14.0. The Morgan fingerprint density at radius 1 is 1.25 bits per heavy atom. The Labute approximate surface area is 119 Å². The molecule has 112 valence electrons. The topological polar surface area (TPSA) is 68.4 Å². The van der Waals surface area contributed by atoms with Crippen LogP contribution in [0, 0.1) is 0 Å². The molecular weight excluding hydrogens is 256 g/mol. The average molecular weight is 280 g/mol. The zero-order valence-corrected chi connectivity index (χ0v) is 12.2. The van der Waals surface area contributed by atoms with Crippen molar-refractivity contribution in [3.8, 4) is 0 Å². The molecule has 0 bridgehead atoms. The summed E-state index contributed by atoms with van der Waals surface area (Å²) in [6.45, 7) is 2.70. The van der Waals surface area contributed by atoms with Gasteiger partial charge in [0.05, 0.1) is 6.10 Å². The number of ether oxygens (including phenoxy) is 1. The smallest absolute Gasteiger partial charge is 0.230 e. The summed E-state index contributed by atoms with van der Waals surface area (Å²) < 4.78 is 11.5. The van der Waals surface area contributed by atoms with Crippen molar-refractivity contribution in [2.45, 2.75) is 75.9 Å². The number of hydrogen-bond donors (Lipinski definition) is 1. The first-order valence-corrected chi connectivity index (χ1v) is 7.89. The van der Waals surface area contributed by atoms with Crippen LogP contribution in [0.25, 0.3) is 0 Å². The lowest BCUT2D eigenvalue weighted by Crippen LogP contribution is -2.31. The first kappa shape index (κ1) is 14.0. The van der Waals surface area contributed by atoms with E-state index < -0.39 is 0 Å². The van der Waals surface area contributed by atoms with E-state index in [4.69, 9.17) is 9.26 Å². The van der Waals surface area contributed by atoms with Gasteiger partial charge in [-0.05, 0) is 32.6 Å². The molecule has 0 atom stereocenters. The van der Waals surface area contributed by atoms with Gasteiger partial charge in [-0.2, -0.15) is 4.98 Å². The minimum Gasteiger partial charge on any atom is -0.393 e. The van der Waals surface area contributed by atoms with Crippen molar-refractivity contribution in [2.24, 2.45) is 0 Å². The van der Waals surface area contributed by atoms with Gasteiger partial charge in [-0.15, -0.1) is 0 Å². The molecule has 20 heavy (non-hydrogen) atoms. The lowest BCUT2D eigenvalue weighted by molar-refractivity contribution is -0.0636. The number of hydrogen-bond acceptors (Lipinski definition) is 5. The molecule has 1 heterocycles. The Hall–Kier alpha value is -0.940. The van der Waals surface area contributed by atoms with Gasteiger partial charge in [0.1, 0.15) is 5.60 Å².